The van der Waals surface area contributed by atoms with E-state index in [1.54, 1.807) is 14.2 Å². The minimum atomic E-state index is -0.477. The van der Waals surface area contributed by atoms with Gasteiger partial charge in [-0.05, 0) is 20.8 Å². The predicted octanol–water partition coefficient (Wildman–Crippen LogP) is 0.578. The lowest BCUT2D eigenvalue weighted by molar-refractivity contribution is -0.128. The number of methoxy groups -OCH3 is 1. The second kappa shape index (κ2) is 11.3. The quantitative estimate of drug-likeness (QED) is 0.259. The number of rotatable bonds is 7. The van der Waals surface area contributed by atoms with Crippen LogP contribution in [-0.2, 0) is 9.53 Å². The molecule has 1 amide bonds. The molecule has 7 heteroatoms. The SMILES string of the molecule is CCNC(=O)C(C)(C)CNC(=NC)NCCOC.I. The second-order valence-electron chi connectivity index (χ2n) is 4.59. The first-order valence-corrected chi connectivity index (χ1v) is 6.19. The molecular weight excluding hydrogens is 359 g/mol. The van der Waals surface area contributed by atoms with E-state index in [9.17, 15) is 4.79 Å². The molecule has 0 aliphatic rings. The molecule has 0 aliphatic carbocycles. The summed E-state index contributed by atoms with van der Waals surface area (Å²) in [6.07, 6.45) is 0. The number of ether oxygens (including phenoxy) is 1. The van der Waals surface area contributed by atoms with Crippen LogP contribution < -0.4 is 16.0 Å². The smallest absolute Gasteiger partial charge is 0.227 e. The monoisotopic (exact) mass is 386 g/mol. The first-order chi connectivity index (χ1) is 8.47. The van der Waals surface area contributed by atoms with Crippen molar-refractivity contribution in [1.82, 2.24) is 16.0 Å². The van der Waals surface area contributed by atoms with Gasteiger partial charge in [0, 0.05) is 33.8 Å². The number of carbonyl (C=O) groups is 1. The summed E-state index contributed by atoms with van der Waals surface area (Å²) >= 11 is 0. The molecule has 0 aromatic rings. The van der Waals surface area contributed by atoms with Crippen LogP contribution in [0.3, 0.4) is 0 Å². The standard InChI is InChI=1S/C12H26N4O2.HI/c1-6-14-10(17)12(2,3)9-16-11(13-4)15-7-8-18-5;/h6-9H2,1-5H3,(H,14,17)(H2,13,15,16);1H. The summed E-state index contributed by atoms with van der Waals surface area (Å²) in [7, 11) is 3.34. The number of guanidine groups is 1. The molecule has 0 saturated carbocycles. The van der Waals surface area contributed by atoms with Gasteiger partial charge in [0.2, 0.25) is 5.91 Å². The average molecular weight is 386 g/mol. The Kier molecular flexibility index (Phi) is 12.3. The van der Waals surface area contributed by atoms with Gasteiger partial charge in [-0.25, -0.2) is 0 Å². The maximum atomic E-state index is 11.8. The molecule has 6 nitrogen and oxygen atoms in total. The van der Waals surface area contributed by atoms with Crippen molar-refractivity contribution in [2.24, 2.45) is 10.4 Å². The van der Waals surface area contributed by atoms with Gasteiger partial charge < -0.3 is 20.7 Å². The molecule has 0 aromatic heterocycles. The summed E-state index contributed by atoms with van der Waals surface area (Å²) in [6.45, 7) is 8.15. The molecule has 0 heterocycles. The van der Waals surface area contributed by atoms with E-state index in [0.29, 0.717) is 32.2 Å². The lowest BCUT2D eigenvalue weighted by atomic mass is 9.92. The van der Waals surface area contributed by atoms with E-state index >= 15 is 0 Å². The van der Waals surface area contributed by atoms with Gasteiger partial charge in [0.15, 0.2) is 5.96 Å². The van der Waals surface area contributed by atoms with Crippen LogP contribution in [0.2, 0.25) is 0 Å². The number of carbonyl (C=O) groups excluding carboxylic acids is 1. The molecule has 19 heavy (non-hydrogen) atoms. The lowest BCUT2D eigenvalue weighted by Gasteiger charge is -2.24. The zero-order chi connectivity index (χ0) is 14.0. The summed E-state index contributed by atoms with van der Waals surface area (Å²) < 4.78 is 4.94. The zero-order valence-corrected chi connectivity index (χ0v) is 14.8. The van der Waals surface area contributed by atoms with Crippen LogP contribution in [0.5, 0.6) is 0 Å². The largest absolute Gasteiger partial charge is 0.383 e. The first kappa shape index (κ1) is 20.7. The maximum absolute atomic E-state index is 11.8. The first-order valence-electron chi connectivity index (χ1n) is 6.19. The van der Waals surface area contributed by atoms with Crippen molar-refractivity contribution < 1.29 is 9.53 Å². The Bertz CT molecular complexity index is 283. The zero-order valence-electron chi connectivity index (χ0n) is 12.5. The summed E-state index contributed by atoms with van der Waals surface area (Å²) in [6, 6.07) is 0. The Hall–Kier alpha value is -0.570. The highest BCUT2D eigenvalue weighted by Gasteiger charge is 2.27. The molecule has 114 valence electrons. The molecule has 0 unspecified atom stereocenters. The molecule has 3 N–H and O–H groups in total. The highest BCUT2D eigenvalue weighted by atomic mass is 127. The number of amides is 1. The Labute approximate surface area is 133 Å². The van der Waals surface area contributed by atoms with Crippen molar-refractivity contribution in [2.75, 3.05) is 40.4 Å². The van der Waals surface area contributed by atoms with Crippen molar-refractivity contribution in [2.45, 2.75) is 20.8 Å². The molecule has 0 spiro atoms. The molecular formula is C12H27IN4O2. The Morgan fingerprint density at radius 2 is 1.89 bits per heavy atom. The third-order valence-corrected chi connectivity index (χ3v) is 2.47. The van der Waals surface area contributed by atoms with E-state index in [0.717, 1.165) is 0 Å². The summed E-state index contributed by atoms with van der Waals surface area (Å²) in [5.41, 5.74) is -0.477. The van der Waals surface area contributed by atoms with Crippen LogP contribution in [0.15, 0.2) is 4.99 Å². The molecule has 0 atom stereocenters. The van der Waals surface area contributed by atoms with Gasteiger partial charge in [0.05, 0.1) is 12.0 Å². The van der Waals surface area contributed by atoms with Crippen LogP contribution >= 0.6 is 24.0 Å². The van der Waals surface area contributed by atoms with Gasteiger partial charge in [-0.15, -0.1) is 24.0 Å². The average Bonchev–Trinajstić information content (AvgIpc) is 2.34. The van der Waals surface area contributed by atoms with Gasteiger partial charge in [0.25, 0.3) is 0 Å². The van der Waals surface area contributed by atoms with Gasteiger partial charge in [0.1, 0.15) is 0 Å². The van der Waals surface area contributed by atoms with E-state index in [1.165, 1.54) is 0 Å². The van der Waals surface area contributed by atoms with Crippen LogP contribution in [0.25, 0.3) is 0 Å². The summed E-state index contributed by atoms with van der Waals surface area (Å²) in [5.74, 6) is 0.703. The lowest BCUT2D eigenvalue weighted by Crippen LogP contribution is -2.48. The van der Waals surface area contributed by atoms with Gasteiger partial charge >= 0.3 is 0 Å². The summed E-state index contributed by atoms with van der Waals surface area (Å²) in [5, 5.41) is 9.05. The minimum Gasteiger partial charge on any atom is -0.383 e. The van der Waals surface area contributed by atoms with Crippen LogP contribution in [0, 0.1) is 5.41 Å². The van der Waals surface area contributed by atoms with Gasteiger partial charge in [-0.2, -0.15) is 0 Å². The number of aliphatic imine (C=N–C) groups is 1. The van der Waals surface area contributed by atoms with Crippen LogP contribution in [0.1, 0.15) is 20.8 Å². The number of halogens is 1. The van der Waals surface area contributed by atoms with Gasteiger partial charge in [-0.3, -0.25) is 9.79 Å². The van der Waals surface area contributed by atoms with E-state index in [1.807, 2.05) is 20.8 Å². The third kappa shape index (κ3) is 9.04. The third-order valence-electron chi connectivity index (χ3n) is 2.47. The van der Waals surface area contributed by atoms with E-state index in [4.69, 9.17) is 4.74 Å². The highest BCUT2D eigenvalue weighted by molar-refractivity contribution is 14.0. The fraction of sp³-hybridized carbons (Fsp3) is 0.833. The summed E-state index contributed by atoms with van der Waals surface area (Å²) in [4.78, 5) is 15.9. The number of hydrogen-bond acceptors (Lipinski definition) is 3. The minimum absolute atomic E-state index is 0. The van der Waals surface area contributed by atoms with Crippen LogP contribution in [-0.4, -0.2) is 52.3 Å². The molecule has 0 bridgehead atoms. The fourth-order valence-corrected chi connectivity index (χ4v) is 1.28. The fourth-order valence-electron chi connectivity index (χ4n) is 1.28. The van der Waals surface area contributed by atoms with E-state index < -0.39 is 5.41 Å². The number of nitrogens with one attached hydrogen (secondary N) is 3. The van der Waals surface area contributed by atoms with Crippen molar-refractivity contribution in [1.29, 1.82) is 0 Å². The molecule has 0 rings (SSSR count). The van der Waals surface area contributed by atoms with E-state index in [-0.39, 0.29) is 29.9 Å². The van der Waals surface area contributed by atoms with Crippen LogP contribution in [0.4, 0.5) is 0 Å². The molecule has 0 saturated heterocycles. The molecule has 0 aliphatic heterocycles. The highest BCUT2D eigenvalue weighted by Crippen LogP contribution is 2.13. The second-order valence-corrected chi connectivity index (χ2v) is 4.59. The Morgan fingerprint density at radius 3 is 2.37 bits per heavy atom. The molecule has 0 fully saturated rings. The number of hydrogen-bond donors (Lipinski definition) is 3. The molecule has 0 aromatic carbocycles. The Morgan fingerprint density at radius 1 is 1.26 bits per heavy atom. The molecule has 0 radical (unpaired) electrons. The van der Waals surface area contributed by atoms with Gasteiger partial charge in [-0.1, -0.05) is 0 Å². The van der Waals surface area contributed by atoms with Crippen molar-refractivity contribution in [3.63, 3.8) is 0 Å². The van der Waals surface area contributed by atoms with Crippen molar-refractivity contribution in [3.05, 3.63) is 0 Å². The van der Waals surface area contributed by atoms with E-state index in [2.05, 4.69) is 20.9 Å². The number of nitrogens with zero attached hydrogens (tertiary/aromatic N) is 1. The predicted molar refractivity (Wildman–Crippen MR) is 89.1 cm³/mol. The Balaban J connectivity index is 0. The maximum Gasteiger partial charge on any atom is 0.227 e. The topological polar surface area (TPSA) is 74.8 Å². The van der Waals surface area contributed by atoms with Crippen molar-refractivity contribution >= 4 is 35.8 Å². The normalized spacial score (nSPS) is 11.5. The van der Waals surface area contributed by atoms with Crippen molar-refractivity contribution in [3.8, 4) is 0 Å².